The highest BCUT2D eigenvalue weighted by Gasteiger charge is 2.18. The summed E-state index contributed by atoms with van der Waals surface area (Å²) < 4.78 is 5.11. The van der Waals surface area contributed by atoms with Gasteiger partial charge in [0.25, 0.3) is 5.91 Å². The van der Waals surface area contributed by atoms with Crippen LogP contribution >= 0.6 is 0 Å². The second-order valence-electron chi connectivity index (χ2n) is 8.23. The van der Waals surface area contributed by atoms with Gasteiger partial charge in [-0.25, -0.2) is 9.79 Å². The minimum atomic E-state index is -0.384. The molecule has 0 fully saturated rings. The van der Waals surface area contributed by atoms with Crippen molar-refractivity contribution in [3.05, 3.63) is 59.2 Å². The van der Waals surface area contributed by atoms with Crippen LogP contribution in [0.2, 0.25) is 0 Å². The lowest BCUT2D eigenvalue weighted by atomic mass is 9.99. The first kappa shape index (κ1) is 21.3. The normalized spacial score (nSPS) is 13.5. The third-order valence-corrected chi connectivity index (χ3v) is 4.48. The first-order valence-electron chi connectivity index (χ1n) is 9.94. The molecule has 1 aliphatic heterocycles. The Morgan fingerprint density at radius 1 is 1.13 bits per heavy atom. The smallest absolute Gasteiger partial charge is 0.334 e. The number of amides is 1. The number of nitrogens with zero attached hydrogens (tertiary/aromatic N) is 1. The number of rotatable bonds is 4. The van der Waals surface area contributed by atoms with Crippen LogP contribution in [0.4, 0.5) is 5.69 Å². The van der Waals surface area contributed by atoms with Gasteiger partial charge in [-0.05, 0) is 63.1 Å². The van der Waals surface area contributed by atoms with E-state index in [9.17, 15) is 9.59 Å². The average Bonchev–Trinajstić information content (AvgIpc) is 2.84. The number of nitrogens with two attached hydrogens (primary N) is 1. The lowest BCUT2D eigenvalue weighted by Crippen LogP contribution is -2.40. The maximum atomic E-state index is 12.5. The van der Waals surface area contributed by atoms with Gasteiger partial charge in [-0.3, -0.25) is 4.79 Å². The quantitative estimate of drug-likeness (QED) is 0.745. The van der Waals surface area contributed by atoms with E-state index in [2.05, 4.69) is 10.3 Å². The first-order chi connectivity index (χ1) is 14.2. The Balaban J connectivity index is 1.96. The van der Waals surface area contributed by atoms with Crippen molar-refractivity contribution in [2.24, 2.45) is 10.7 Å². The summed E-state index contributed by atoms with van der Waals surface area (Å²) in [6, 6.07) is 13.2. The van der Waals surface area contributed by atoms with Crippen molar-refractivity contribution < 1.29 is 14.3 Å². The van der Waals surface area contributed by atoms with Crippen molar-refractivity contribution in [3.63, 3.8) is 0 Å². The number of carbonyl (C=O) groups is 2. The highest BCUT2D eigenvalue weighted by Crippen LogP contribution is 2.32. The van der Waals surface area contributed by atoms with Gasteiger partial charge < -0.3 is 15.8 Å². The van der Waals surface area contributed by atoms with Crippen molar-refractivity contribution in [2.45, 2.75) is 39.7 Å². The Kier molecular flexibility index (Phi) is 6.06. The Bertz CT molecular complexity index is 1050. The molecule has 6 nitrogen and oxygen atoms in total. The molecule has 0 atom stereocenters. The predicted molar refractivity (Wildman–Crippen MR) is 120 cm³/mol. The highest BCUT2D eigenvalue weighted by molar-refractivity contribution is 6.03. The van der Waals surface area contributed by atoms with E-state index >= 15 is 0 Å². The van der Waals surface area contributed by atoms with E-state index in [1.807, 2.05) is 57.2 Å². The van der Waals surface area contributed by atoms with E-state index in [0.29, 0.717) is 29.3 Å². The number of nitrogens with one attached hydrogen (secondary N) is 1. The summed E-state index contributed by atoms with van der Waals surface area (Å²) in [5, 5.41) is 2.97. The first-order valence-corrected chi connectivity index (χ1v) is 9.94. The summed E-state index contributed by atoms with van der Waals surface area (Å²) in [6.45, 7) is 7.91. The van der Waals surface area contributed by atoms with Gasteiger partial charge in [0.2, 0.25) is 0 Å². The van der Waals surface area contributed by atoms with Gasteiger partial charge in [0.1, 0.15) is 5.84 Å². The molecule has 0 radical (unpaired) electrons. The fourth-order valence-electron chi connectivity index (χ4n) is 3.18. The second kappa shape index (κ2) is 8.53. The molecular formula is C24H27N3O3. The third-order valence-electron chi connectivity index (χ3n) is 4.48. The van der Waals surface area contributed by atoms with Crippen molar-refractivity contribution >= 4 is 29.5 Å². The molecule has 3 rings (SSSR count). The second-order valence-corrected chi connectivity index (χ2v) is 8.23. The van der Waals surface area contributed by atoms with Crippen LogP contribution in [0.15, 0.2) is 53.0 Å². The minimum absolute atomic E-state index is 0.122. The van der Waals surface area contributed by atoms with Crippen LogP contribution < -0.4 is 11.1 Å². The molecule has 0 aromatic heterocycles. The van der Waals surface area contributed by atoms with E-state index in [1.54, 1.807) is 19.1 Å². The van der Waals surface area contributed by atoms with Crippen LogP contribution in [-0.2, 0) is 9.53 Å². The van der Waals surface area contributed by atoms with Gasteiger partial charge in [-0.2, -0.15) is 0 Å². The molecule has 1 amide bonds. The lowest BCUT2D eigenvalue weighted by Gasteiger charge is -2.20. The molecule has 0 unspecified atom stereocenters. The number of ether oxygens (including phenoxy) is 1. The molecule has 1 aliphatic rings. The largest absolute Gasteiger partial charge is 0.463 e. The van der Waals surface area contributed by atoms with E-state index in [1.165, 1.54) is 0 Å². The van der Waals surface area contributed by atoms with Crippen molar-refractivity contribution in [3.8, 4) is 11.1 Å². The molecule has 6 heteroatoms. The SMILES string of the molecule is CCOC(=O)C1=Cc2ccc(-c3cccc(C(=O)NC(C)(C)C)c3)cc2N=C(N)C1. The molecule has 0 saturated heterocycles. The van der Waals surface area contributed by atoms with Gasteiger partial charge in [0.05, 0.1) is 12.3 Å². The fraction of sp³-hybridized carbons (Fsp3) is 0.292. The monoisotopic (exact) mass is 405 g/mol. The number of hydrogen-bond acceptors (Lipinski definition) is 5. The Morgan fingerprint density at radius 3 is 2.57 bits per heavy atom. The minimum Gasteiger partial charge on any atom is -0.463 e. The summed E-state index contributed by atoms with van der Waals surface area (Å²) in [5.74, 6) is -0.156. The van der Waals surface area contributed by atoms with E-state index in [-0.39, 0.29) is 23.8 Å². The third kappa shape index (κ3) is 5.14. The zero-order chi connectivity index (χ0) is 21.9. The molecule has 0 bridgehead atoms. The number of aliphatic imine (C=N–C) groups is 1. The van der Waals surface area contributed by atoms with Crippen LogP contribution in [0.5, 0.6) is 0 Å². The molecular weight excluding hydrogens is 378 g/mol. The van der Waals surface area contributed by atoms with Crippen LogP contribution in [0.1, 0.15) is 50.0 Å². The fourth-order valence-corrected chi connectivity index (χ4v) is 3.18. The molecule has 0 saturated carbocycles. The van der Waals surface area contributed by atoms with E-state index < -0.39 is 0 Å². The number of amidine groups is 1. The lowest BCUT2D eigenvalue weighted by molar-refractivity contribution is -0.138. The molecule has 156 valence electrons. The number of esters is 1. The van der Waals surface area contributed by atoms with Gasteiger partial charge in [0.15, 0.2) is 0 Å². The highest BCUT2D eigenvalue weighted by atomic mass is 16.5. The summed E-state index contributed by atoms with van der Waals surface area (Å²) in [7, 11) is 0. The van der Waals surface area contributed by atoms with Gasteiger partial charge in [-0.1, -0.05) is 24.3 Å². The summed E-state index contributed by atoms with van der Waals surface area (Å²) >= 11 is 0. The van der Waals surface area contributed by atoms with Crippen LogP contribution in [0.3, 0.4) is 0 Å². The zero-order valence-corrected chi connectivity index (χ0v) is 17.8. The predicted octanol–water partition coefficient (Wildman–Crippen LogP) is 4.22. The number of carbonyl (C=O) groups excluding carboxylic acids is 2. The maximum Gasteiger partial charge on any atom is 0.334 e. The molecule has 30 heavy (non-hydrogen) atoms. The number of fused-ring (bicyclic) bond motifs is 1. The molecule has 0 aliphatic carbocycles. The van der Waals surface area contributed by atoms with Gasteiger partial charge in [0, 0.05) is 28.7 Å². The number of benzene rings is 2. The maximum absolute atomic E-state index is 12.5. The van der Waals surface area contributed by atoms with E-state index in [4.69, 9.17) is 10.5 Å². The van der Waals surface area contributed by atoms with Crippen molar-refractivity contribution in [1.29, 1.82) is 0 Å². The van der Waals surface area contributed by atoms with E-state index in [0.717, 1.165) is 16.7 Å². The van der Waals surface area contributed by atoms with Crippen molar-refractivity contribution in [1.82, 2.24) is 5.32 Å². The molecule has 3 N–H and O–H groups in total. The Hall–Kier alpha value is -3.41. The standard InChI is InChI=1S/C24H27N3O3/c1-5-30-23(29)19-12-17-10-9-16(13-20(17)26-21(25)14-19)15-7-6-8-18(11-15)22(28)27-24(2,3)4/h6-13H,5,14H2,1-4H3,(H2,25,26)(H,27,28). The Morgan fingerprint density at radius 2 is 1.87 bits per heavy atom. The topological polar surface area (TPSA) is 93.8 Å². The molecule has 2 aromatic carbocycles. The van der Waals surface area contributed by atoms with Gasteiger partial charge >= 0.3 is 5.97 Å². The average molecular weight is 405 g/mol. The number of hydrogen-bond donors (Lipinski definition) is 2. The zero-order valence-electron chi connectivity index (χ0n) is 17.8. The van der Waals surface area contributed by atoms with Crippen LogP contribution in [0.25, 0.3) is 17.2 Å². The molecule has 1 heterocycles. The summed E-state index contributed by atoms with van der Waals surface area (Å²) in [5.41, 5.74) is 10.1. The summed E-state index contributed by atoms with van der Waals surface area (Å²) in [4.78, 5) is 29.2. The Labute approximate surface area is 176 Å². The van der Waals surface area contributed by atoms with Crippen molar-refractivity contribution in [2.75, 3.05) is 6.61 Å². The molecule has 2 aromatic rings. The van der Waals surface area contributed by atoms with Gasteiger partial charge in [-0.15, -0.1) is 0 Å². The van der Waals surface area contributed by atoms with Crippen LogP contribution in [-0.4, -0.2) is 29.9 Å². The summed E-state index contributed by atoms with van der Waals surface area (Å²) in [6.07, 6.45) is 2.01. The van der Waals surface area contributed by atoms with Crippen LogP contribution in [0, 0.1) is 0 Å². The molecule has 0 spiro atoms.